The minimum Gasteiger partial charge on any atom is -0.343 e. The second-order valence-electron chi connectivity index (χ2n) is 10.3. The first kappa shape index (κ1) is 29.0. The van der Waals surface area contributed by atoms with Crippen molar-refractivity contribution in [3.05, 3.63) is 148 Å². The fraction of sp³-hybridized carbons (Fsp3) is 0.229. The maximum Gasteiger partial charge on any atom is 0.273 e. The lowest BCUT2D eigenvalue weighted by Gasteiger charge is -2.23. The highest BCUT2D eigenvalue weighted by atomic mass is 32.1. The van der Waals surface area contributed by atoms with Crippen molar-refractivity contribution in [3.8, 4) is 0 Å². The molecule has 0 aliphatic heterocycles. The van der Waals surface area contributed by atoms with Crippen LogP contribution in [0.4, 0.5) is 0 Å². The Hall–Kier alpha value is -4.49. The van der Waals surface area contributed by atoms with Crippen molar-refractivity contribution >= 4 is 23.2 Å². The normalized spacial score (nSPS) is 10.9. The summed E-state index contributed by atoms with van der Waals surface area (Å²) in [4.78, 5) is 35.5. The van der Waals surface area contributed by atoms with Crippen LogP contribution in [0.5, 0.6) is 0 Å². The molecule has 5 rings (SSSR count). The maximum atomic E-state index is 13.7. The molecule has 2 heterocycles. The smallest absolute Gasteiger partial charge is 0.273 e. The first-order chi connectivity index (χ1) is 20.6. The quantitative estimate of drug-likeness (QED) is 0.153. The van der Waals surface area contributed by atoms with Crippen LogP contribution < -0.4 is 0 Å². The molecule has 6 nitrogen and oxygen atoms in total. The van der Waals surface area contributed by atoms with Gasteiger partial charge in [0.25, 0.3) is 11.8 Å². The molecule has 0 atom stereocenters. The molecule has 42 heavy (non-hydrogen) atoms. The molecule has 5 aromatic rings. The van der Waals surface area contributed by atoms with Crippen LogP contribution in [0.15, 0.2) is 115 Å². The number of rotatable bonds is 13. The summed E-state index contributed by atoms with van der Waals surface area (Å²) in [6.45, 7) is 4.95. The first-order valence-electron chi connectivity index (χ1n) is 14.4. The predicted octanol–water partition coefficient (Wildman–Crippen LogP) is 6.93. The van der Waals surface area contributed by atoms with Crippen molar-refractivity contribution < 1.29 is 9.59 Å². The Morgan fingerprint density at radius 1 is 0.738 bits per heavy atom. The minimum atomic E-state index is -0.0624. The van der Waals surface area contributed by atoms with Crippen LogP contribution in [0.1, 0.15) is 56.0 Å². The van der Waals surface area contributed by atoms with Gasteiger partial charge in [0, 0.05) is 42.5 Å². The van der Waals surface area contributed by atoms with Crippen molar-refractivity contribution in [1.29, 1.82) is 0 Å². The van der Waals surface area contributed by atoms with Crippen molar-refractivity contribution in [1.82, 2.24) is 19.4 Å². The molecule has 3 aromatic carbocycles. The fourth-order valence-corrected chi connectivity index (χ4v) is 5.75. The zero-order valence-electron chi connectivity index (χ0n) is 23.9. The van der Waals surface area contributed by atoms with Gasteiger partial charge in [0.05, 0.1) is 13.1 Å². The lowest BCUT2D eigenvalue weighted by Crippen LogP contribution is -2.33. The summed E-state index contributed by atoms with van der Waals surface area (Å²) in [5.74, 6) is -0.0334. The number of benzene rings is 3. The summed E-state index contributed by atoms with van der Waals surface area (Å²) in [7, 11) is 0. The molecule has 0 saturated heterocycles. The number of carbonyl (C=O) groups is 2. The zero-order valence-corrected chi connectivity index (χ0v) is 24.7. The molecule has 0 spiro atoms. The fourth-order valence-electron chi connectivity index (χ4n) is 4.98. The molecule has 0 bridgehead atoms. The standard InChI is InChI=1S/C35H36N4O2S/c1-2-21-38(34(40)30-17-10-5-11-18-30)25-31-19-12-22-37(31)26-33-36-32(27-42-33)35(41)39(24-29-15-8-4-9-16-29)23-20-28-13-6-3-7-14-28/h3-19,22,27H,2,20-21,23-26H2,1H3. The van der Waals surface area contributed by atoms with E-state index in [1.165, 1.54) is 16.9 Å². The average molecular weight is 577 g/mol. The average Bonchev–Trinajstić information content (AvgIpc) is 3.69. The lowest BCUT2D eigenvalue weighted by molar-refractivity contribution is 0.0732. The van der Waals surface area contributed by atoms with E-state index in [0.29, 0.717) is 44.0 Å². The van der Waals surface area contributed by atoms with Gasteiger partial charge in [-0.3, -0.25) is 9.59 Å². The van der Waals surface area contributed by atoms with Crippen LogP contribution in [0, 0.1) is 0 Å². The van der Waals surface area contributed by atoms with Crippen LogP contribution in [-0.2, 0) is 26.1 Å². The van der Waals surface area contributed by atoms with Gasteiger partial charge in [-0.05, 0) is 48.2 Å². The van der Waals surface area contributed by atoms with Crippen molar-refractivity contribution in [2.75, 3.05) is 13.1 Å². The molecule has 2 aromatic heterocycles. The Kier molecular flexibility index (Phi) is 9.96. The molecular formula is C35H36N4O2S. The number of hydrogen-bond acceptors (Lipinski definition) is 4. The van der Waals surface area contributed by atoms with Crippen LogP contribution >= 0.6 is 11.3 Å². The number of thiazole rings is 1. The van der Waals surface area contributed by atoms with Gasteiger partial charge in [0.15, 0.2) is 0 Å². The lowest BCUT2D eigenvalue weighted by atomic mass is 10.1. The highest BCUT2D eigenvalue weighted by molar-refractivity contribution is 7.09. The summed E-state index contributed by atoms with van der Waals surface area (Å²) in [6.07, 6.45) is 3.66. The van der Waals surface area contributed by atoms with Crippen LogP contribution in [0.25, 0.3) is 0 Å². The third-order valence-corrected chi connectivity index (χ3v) is 8.00. The van der Waals surface area contributed by atoms with Gasteiger partial charge in [0.2, 0.25) is 0 Å². The van der Waals surface area contributed by atoms with E-state index in [0.717, 1.165) is 29.1 Å². The molecule has 0 N–H and O–H groups in total. The third kappa shape index (κ3) is 7.62. The Morgan fingerprint density at radius 2 is 1.38 bits per heavy atom. The number of hydrogen-bond donors (Lipinski definition) is 0. The van der Waals surface area contributed by atoms with E-state index in [2.05, 4.69) is 23.6 Å². The summed E-state index contributed by atoms with van der Waals surface area (Å²) in [5.41, 5.74) is 4.49. The number of aromatic nitrogens is 2. The monoisotopic (exact) mass is 576 g/mol. The summed E-state index contributed by atoms with van der Waals surface area (Å²) in [5, 5.41) is 2.72. The van der Waals surface area contributed by atoms with Crippen LogP contribution in [0.3, 0.4) is 0 Å². The maximum absolute atomic E-state index is 13.7. The Labute approximate surface area is 251 Å². The Bertz CT molecular complexity index is 1560. The van der Waals surface area contributed by atoms with E-state index >= 15 is 0 Å². The second kappa shape index (κ2) is 14.4. The van der Waals surface area contributed by atoms with E-state index in [1.807, 2.05) is 112 Å². The summed E-state index contributed by atoms with van der Waals surface area (Å²) < 4.78 is 2.12. The van der Waals surface area contributed by atoms with E-state index < -0.39 is 0 Å². The molecule has 0 saturated carbocycles. The number of nitrogens with zero attached hydrogens (tertiary/aromatic N) is 4. The van der Waals surface area contributed by atoms with Gasteiger partial charge < -0.3 is 14.4 Å². The summed E-state index contributed by atoms with van der Waals surface area (Å²) >= 11 is 1.50. The topological polar surface area (TPSA) is 58.4 Å². The minimum absolute atomic E-state index is 0.0290. The molecule has 0 aliphatic rings. The summed E-state index contributed by atoms with van der Waals surface area (Å²) in [6, 6.07) is 33.8. The molecule has 0 fully saturated rings. The molecule has 0 aliphatic carbocycles. The largest absolute Gasteiger partial charge is 0.343 e. The van der Waals surface area contributed by atoms with Gasteiger partial charge in [-0.1, -0.05) is 85.8 Å². The van der Waals surface area contributed by atoms with E-state index in [-0.39, 0.29) is 11.8 Å². The number of amides is 2. The predicted molar refractivity (Wildman–Crippen MR) is 168 cm³/mol. The molecule has 0 radical (unpaired) electrons. The highest BCUT2D eigenvalue weighted by Crippen LogP contribution is 2.19. The first-order valence-corrected chi connectivity index (χ1v) is 15.3. The van der Waals surface area contributed by atoms with Crippen molar-refractivity contribution in [2.24, 2.45) is 0 Å². The molecule has 0 unspecified atom stereocenters. The third-order valence-electron chi connectivity index (χ3n) is 7.17. The molecule has 2 amide bonds. The van der Waals surface area contributed by atoms with Gasteiger partial charge in [-0.25, -0.2) is 4.98 Å². The molecule has 214 valence electrons. The molecular weight excluding hydrogens is 540 g/mol. The van der Waals surface area contributed by atoms with Crippen LogP contribution in [0.2, 0.25) is 0 Å². The SMILES string of the molecule is CCCN(Cc1cccn1Cc1nc(C(=O)N(CCc2ccccc2)Cc2ccccc2)cs1)C(=O)c1ccccc1. The van der Waals surface area contributed by atoms with E-state index in [1.54, 1.807) is 0 Å². The Balaban J connectivity index is 1.28. The van der Waals surface area contributed by atoms with Crippen molar-refractivity contribution in [2.45, 2.75) is 39.4 Å². The Morgan fingerprint density at radius 3 is 2.07 bits per heavy atom. The van der Waals surface area contributed by atoms with E-state index in [4.69, 9.17) is 4.98 Å². The van der Waals surface area contributed by atoms with Gasteiger partial charge in [0.1, 0.15) is 10.7 Å². The zero-order chi connectivity index (χ0) is 29.1. The van der Waals surface area contributed by atoms with Crippen molar-refractivity contribution in [3.63, 3.8) is 0 Å². The van der Waals surface area contributed by atoms with Gasteiger partial charge >= 0.3 is 0 Å². The van der Waals surface area contributed by atoms with E-state index in [9.17, 15) is 9.59 Å². The van der Waals surface area contributed by atoms with Gasteiger partial charge in [-0.15, -0.1) is 11.3 Å². The van der Waals surface area contributed by atoms with Crippen LogP contribution in [-0.4, -0.2) is 44.3 Å². The van der Waals surface area contributed by atoms with Gasteiger partial charge in [-0.2, -0.15) is 0 Å². The highest BCUT2D eigenvalue weighted by Gasteiger charge is 2.21. The number of carbonyl (C=O) groups excluding carboxylic acids is 2. The second-order valence-corrected chi connectivity index (χ2v) is 11.2. The molecule has 7 heteroatoms.